The third kappa shape index (κ3) is 4.07. The van der Waals surface area contributed by atoms with Gasteiger partial charge in [-0.15, -0.1) is 0 Å². The zero-order valence-corrected chi connectivity index (χ0v) is 14.2. The molecule has 0 spiro atoms. The Morgan fingerprint density at radius 3 is 2.73 bits per heavy atom. The number of nitrogens with one attached hydrogen (secondary N) is 2. The maximum Gasteiger partial charge on any atom is 0.328 e. The van der Waals surface area contributed by atoms with E-state index in [0.29, 0.717) is 6.54 Å². The third-order valence-electron chi connectivity index (χ3n) is 3.81. The van der Waals surface area contributed by atoms with Gasteiger partial charge in [-0.25, -0.2) is 4.79 Å². The van der Waals surface area contributed by atoms with Gasteiger partial charge in [0.25, 0.3) is 5.56 Å². The van der Waals surface area contributed by atoms with Crippen LogP contribution >= 0.6 is 15.9 Å². The van der Waals surface area contributed by atoms with Crippen molar-refractivity contribution >= 4 is 21.8 Å². The number of nitrogens with zero attached hydrogens (tertiary/aromatic N) is 2. The lowest BCUT2D eigenvalue weighted by Crippen LogP contribution is -2.48. The van der Waals surface area contributed by atoms with E-state index in [1.54, 1.807) is 0 Å². The molecule has 1 amide bonds. The summed E-state index contributed by atoms with van der Waals surface area (Å²) >= 11 is 3.08. The van der Waals surface area contributed by atoms with Crippen molar-refractivity contribution in [2.24, 2.45) is 0 Å². The summed E-state index contributed by atoms with van der Waals surface area (Å²) in [4.78, 5) is 39.8. The van der Waals surface area contributed by atoms with Crippen LogP contribution in [0.4, 0.5) is 0 Å². The number of rotatable bonds is 5. The molecule has 0 radical (unpaired) electrons. The topological polar surface area (TPSA) is 87.2 Å². The quantitative estimate of drug-likeness (QED) is 0.777. The predicted molar refractivity (Wildman–Crippen MR) is 86.9 cm³/mol. The highest BCUT2D eigenvalue weighted by Gasteiger charge is 2.25. The lowest BCUT2D eigenvalue weighted by Gasteiger charge is -2.34. The molecule has 0 unspecified atom stereocenters. The molecule has 1 aliphatic rings. The van der Waals surface area contributed by atoms with E-state index in [0.717, 1.165) is 32.4 Å². The number of hydrogen-bond donors (Lipinski definition) is 2. The number of halogens is 1. The van der Waals surface area contributed by atoms with Gasteiger partial charge in [-0.1, -0.05) is 6.92 Å². The predicted octanol–water partition coefficient (Wildman–Crippen LogP) is 0.290. The lowest BCUT2D eigenvalue weighted by molar-refractivity contribution is -0.134. The highest BCUT2D eigenvalue weighted by atomic mass is 79.9. The first kappa shape index (κ1) is 17.0. The Bertz CT molecular complexity index is 634. The van der Waals surface area contributed by atoms with Gasteiger partial charge in [0.2, 0.25) is 5.91 Å². The number of aromatic nitrogens is 2. The highest BCUT2D eigenvalue weighted by molar-refractivity contribution is 9.10. The van der Waals surface area contributed by atoms with Gasteiger partial charge in [0, 0.05) is 18.8 Å². The van der Waals surface area contributed by atoms with Crippen LogP contribution in [0, 0.1) is 0 Å². The first-order chi connectivity index (χ1) is 10.5. The third-order valence-corrected chi connectivity index (χ3v) is 4.37. The Balaban J connectivity index is 2.15. The van der Waals surface area contributed by atoms with Crippen LogP contribution in [0.25, 0.3) is 0 Å². The molecule has 2 rings (SSSR count). The van der Waals surface area contributed by atoms with Crippen molar-refractivity contribution in [1.82, 2.24) is 19.8 Å². The number of H-pyrrole nitrogens is 1. The van der Waals surface area contributed by atoms with Crippen molar-refractivity contribution in [2.45, 2.75) is 38.8 Å². The largest absolute Gasteiger partial charge is 0.338 e. The normalized spacial score (nSPS) is 15.7. The van der Waals surface area contributed by atoms with Crippen molar-refractivity contribution < 1.29 is 4.79 Å². The summed E-state index contributed by atoms with van der Waals surface area (Å²) in [5, 5.41) is 3.28. The minimum Gasteiger partial charge on any atom is -0.338 e. The van der Waals surface area contributed by atoms with Crippen molar-refractivity contribution in [3.05, 3.63) is 31.5 Å². The standard InChI is InChI=1S/C14H21BrN4O3/c1-2-7-19(10-3-5-16-6-4-10)12(20)9-18-8-11(15)13(21)17-14(18)22/h8,10,16H,2-7,9H2,1H3,(H,17,21,22). The summed E-state index contributed by atoms with van der Waals surface area (Å²) < 4.78 is 1.47. The van der Waals surface area contributed by atoms with Gasteiger partial charge < -0.3 is 10.2 Å². The molecule has 2 heterocycles. The SMILES string of the molecule is CCCN(C(=O)Cn1cc(Br)c(=O)[nH]c1=O)C1CCNCC1. The lowest BCUT2D eigenvalue weighted by atomic mass is 10.0. The van der Waals surface area contributed by atoms with E-state index in [1.165, 1.54) is 10.8 Å². The van der Waals surface area contributed by atoms with Crippen LogP contribution in [0.5, 0.6) is 0 Å². The Morgan fingerprint density at radius 1 is 1.41 bits per heavy atom. The van der Waals surface area contributed by atoms with Gasteiger partial charge in [0.15, 0.2) is 0 Å². The molecule has 22 heavy (non-hydrogen) atoms. The van der Waals surface area contributed by atoms with Crippen LogP contribution in [0.1, 0.15) is 26.2 Å². The summed E-state index contributed by atoms with van der Waals surface area (Å²) in [7, 11) is 0. The molecular formula is C14H21BrN4O3. The highest BCUT2D eigenvalue weighted by Crippen LogP contribution is 2.13. The second-order valence-electron chi connectivity index (χ2n) is 5.43. The second-order valence-corrected chi connectivity index (χ2v) is 6.29. The summed E-state index contributed by atoms with van der Waals surface area (Å²) in [6.07, 6.45) is 4.09. The van der Waals surface area contributed by atoms with E-state index >= 15 is 0 Å². The molecule has 0 bridgehead atoms. The zero-order chi connectivity index (χ0) is 16.1. The van der Waals surface area contributed by atoms with Crippen molar-refractivity contribution in [3.8, 4) is 0 Å². The molecule has 122 valence electrons. The van der Waals surface area contributed by atoms with Crippen LogP contribution in [0.3, 0.4) is 0 Å². The fourth-order valence-electron chi connectivity index (χ4n) is 2.71. The van der Waals surface area contributed by atoms with Crippen LogP contribution in [0.15, 0.2) is 20.3 Å². The molecule has 0 saturated carbocycles. The monoisotopic (exact) mass is 372 g/mol. The number of hydrogen-bond acceptors (Lipinski definition) is 4. The van der Waals surface area contributed by atoms with Crippen molar-refractivity contribution in [2.75, 3.05) is 19.6 Å². The zero-order valence-electron chi connectivity index (χ0n) is 12.6. The molecule has 8 heteroatoms. The fraction of sp³-hybridized carbons (Fsp3) is 0.643. The van der Waals surface area contributed by atoms with Crippen molar-refractivity contribution in [1.29, 1.82) is 0 Å². The van der Waals surface area contributed by atoms with Gasteiger partial charge in [0.1, 0.15) is 6.54 Å². The molecule has 1 aromatic rings. The minimum atomic E-state index is -0.566. The minimum absolute atomic E-state index is 0.0574. The first-order valence-corrected chi connectivity index (χ1v) is 8.31. The number of aromatic amines is 1. The fourth-order valence-corrected chi connectivity index (χ4v) is 3.05. The smallest absolute Gasteiger partial charge is 0.328 e. The Kier molecular flexibility index (Phi) is 5.96. The Morgan fingerprint density at radius 2 is 2.09 bits per heavy atom. The van der Waals surface area contributed by atoms with E-state index in [9.17, 15) is 14.4 Å². The van der Waals surface area contributed by atoms with E-state index in [1.807, 2.05) is 11.8 Å². The van der Waals surface area contributed by atoms with Crippen LogP contribution in [-0.2, 0) is 11.3 Å². The van der Waals surface area contributed by atoms with Crippen LogP contribution < -0.4 is 16.6 Å². The van der Waals surface area contributed by atoms with E-state index < -0.39 is 11.2 Å². The first-order valence-electron chi connectivity index (χ1n) is 7.52. The van der Waals surface area contributed by atoms with Crippen LogP contribution in [0.2, 0.25) is 0 Å². The second kappa shape index (κ2) is 7.73. The van der Waals surface area contributed by atoms with Gasteiger partial charge in [-0.3, -0.25) is 19.1 Å². The maximum atomic E-state index is 12.6. The molecule has 0 aliphatic carbocycles. The van der Waals surface area contributed by atoms with Gasteiger partial charge in [0.05, 0.1) is 4.47 Å². The average molecular weight is 373 g/mol. The molecule has 7 nitrogen and oxygen atoms in total. The summed E-state index contributed by atoms with van der Waals surface area (Å²) in [6, 6.07) is 0.218. The summed E-state index contributed by atoms with van der Waals surface area (Å²) in [5.74, 6) is -0.0881. The average Bonchev–Trinajstić information content (AvgIpc) is 2.51. The number of amides is 1. The van der Waals surface area contributed by atoms with E-state index in [-0.39, 0.29) is 23.0 Å². The summed E-state index contributed by atoms with van der Waals surface area (Å²) in [6.45, 7) is 4.47. The molecule has 1 fully saturated rings. The molecule has 0 aromatic carbocycles. The van der Waals surface area contributed by atoms with Crippen molar-refractivity contribution in [3.63, 3.8) is 0 Å². The number of piperidine rings is 1. The van der Waals surface area contributed by atoms with E-state index in [4.69, 9.17) is 0 Å². The molecule has 0 atom stereocenters. The van der Waals surface area contributed by atoms with E-state index in [2.05, 4.69) is 26.2 Å². The molecule has 1 aliphatic heterocycles. The molecule has 1 aromatic heterocycles. The number of carbonyl (C=O) groups is 1. The van der Waals surface area contributed by atoms with Gasteiger partial charge in [-0.2, -0.15) is 0 Å². The Hall–Kier alpha value is -1.41. The number of carbonyl (C=O) groups excluding carboxylic acids is 1. The van der Waals surface area contributed by atoms with Gasteiger partial charge >= 0.3 is 5.69 Å². The molecular weight excluding hydrogens is 352 g/mol. The van der Waals surface area contributed by atoms with Gasteiger partial charge in [-0.05, 0) is 48.3 Å². The molecule has 2 N–H and O–H groups in total. The van der Waals surface area contributed by atoms with Crippen LogP contribution in [-0.4, -0.2) is 46.0 Å². The maximum absolute atomic E-state index is 12.6. The Labute approximate surface area is 136 Å². The summed E-state index contributed by atoms with van der Waals surface area (Å²) in [5.41, 5.74) is -1.05. The molecule has 1 saturated heterocycles.